The zero-order chi connectivity index (χ0) is 21.2. The summed E-state index contributed by atoms with van der Waals surface area (Å²) in [6, 6.07) is 13.3. The van der Waals surface area contributed by atoms with E-state index in [0.717, 1.165) is 62.8 Å². The van der Waals surface area contributed by atoms with Crippen LogP contribution in [0.5, 0.6) is 5.75 Å². The van der Waals surface area contributed by atoms with E-state index in [2.05, 4.69) is 41.5 Å². The summed E-state index contributed by atoms with van der Waals surface area (Å²) in [6.07, 6.45) is 5.76. The molecule has 1 saturated heterocycles. The van der Waals surface area contributed by atoms with Gasteiger partial charge in [-0.1, -0.05) is 12.1 Å². The topological polar surface area (TPSA) is 62.0 Å². The van der Waals surface area contributed by atoms with Gasteiger partial charge in [0.15, 0.2) is 5.96 Å². The van der Waals surface area contributed by atoms with E-state index in [1.807, 2.05) is 24.3 Å². The number of nitrogens with zero attached hydrogens (tertiary/aromatic N) is 2. The first-order chi connectivity index (χ1) is 14.6. The first-order valence-corrected chi connectivity index (χ1v) is 11.1. The summed E-state index contributed by atoms with van der Waals surface area (Å²) < 4.78 is 10.7. The zero-order valence-corrected chi connectivity index (χ0v) is 18.6. The van der Waals surface area contributed by atoms with Gasteiger partial charge in [0.1, 0.15) is 11.5 Å². The third kappa shape index (κ3) is 7.10. The highest BCUT2D eigenvalue weighted by Crippen LogP contribution is 2.13. The number of likely N-dealkylation sites (tertiary alicyclic amines) is 1. The quantitative estimate of drug-likeness (QED) is 0.488. The highest BCUT2D eigenvalue weighted by Gasteiger charge is 2.21. The number of furan rings is 1. The average Bonchev–Trinajstić information content (AvgIpc) is 3.28. The van der Waals surface area contributed by atoms with Crippen molar-refractivity contribution in [2.75, 3.05) is 33.3 Å². The van der Waals surface area contributed by atoms with Crippen molar-refractivity contribution < 1.29 is 9.15 Å². The van der Waals surface area contributed by atoms with Crippen molar-refractivity contribution >= 4 is 5.96 Å². The van der Waals surface area contributed by atoms with Gasteiger partial charge in [-0.3, -0.25) is 4.99 Å². The molecule has 6 heteroatoms. The van der Waals surface area contributed by atoms with E-state index in [4.69, 9.17) is 14.1 Å². The largest absolute Gasteiger partial charge is 0.497 e. The molecule has 0 unspecified atom stereocenters. The highest BCUT2D eigenvalue weighted by molar-refractivity contribution is 5.80. The molecule has 0 spiro atoms. The second-order valence-corrected chi connectivity index (χ2v) is 8.13. The maximum absolute atomic E-state index is 5.43. The molecule has 30 heavy (non-hydrogen) atoms. The molecule has 0 aliphatic carbocycles. The Hall–Kier alpha value is -2.47. The number of hydrogen-bond donors (Lipinski definition) is 2. The van der Waals surface area contributed by atoms with E-state index in [9.17, 15) is 0 Å². The molecule has 0 atom stereocenters. The minimum absolute atomic E-state index is 0.468. The van der Waals surface area contributed by atoms with Gasteiger partial charge in [-0.15, -0.1) is 0 Å². The summed E-state index contributed by atoms with van der Waals surface area (Å²) in [6.45, 7) is 8.37. The van der Waals surface area contributed by atoms with Crippen LogP contribution in [0.4, 0.5) is 0 Å². The molecule has 1 aliphatic heterocycles. The number of aliphatic imine (C=N–C) groups is 1. The van der Waals surface area contributed by atoms with Crippen molar-refractivity contribution in [3.8, 4) is 5.75 Å². The summed E-state index contributed by atoms with van der Waals surface area (Å²) in [5.74, 6) is 2.76. The number of piperidine rings is 1. The van der Waals surface area contributed by atoms with E-state index in [1.165, 1.54) is 5.56 Å². The molecule has 1 aromatic heterocycles. The van der Waals surface area contributed by atoms with Gasteiger partial charge in [-0.2, -0.15) is 0 Å². The second kappa shape index (κ2) is 11.6. The van der Waals surface area contributed by atoms with Gasteiger partial charge >= 0.3 is 0 Å². The Balaban J connectivity index is 1.51. The Morgan fingerprint density at radius 3 is 2.57 bits per heavy atom. The van der Waals surface area contributed by atoms with Crippen molar-refractivity contribution in [2.45, 2.75) is 51.6 Å². The molecule has 1 aliphatic rings. The third-order valence-corrected chi connectivity index (χ3v) is 5.67. The molecular formula is C24H36N4O2. The molecule has 0 bridgehead atoms. The van der Waals surface area contributed by atoms with Crippen LogP contribution in [0.25, 0.3) is 0 Å². The van der Waals surface area contributed by atoms with Gasteiger partial charge < -0.3 is 24.7 Å². The Bertz CT molecular complexity index is 748. The van der Waals surface area contributed by atoms with Crippen LogP contribution in [-0.2, 0) is 12.8 Å². The molecule has 0 saturated carbocycles. The van der Waals surface area contributed by atoms with Crippen molar-refractivity contribution in [3.63, 3.8) is 0 Å². The summed E-state index contributed by atoms with van der Waals surface area (Å²) in [5.41, 5.74) is 1.28. The van der Waals surface area contributed by atoms with E-state index in [1.54, 1.807) is 13.4 Å². The van der Waals surface area contributed by atoms with Gasteiger partial charge in [-0.05, 0) is 62.9 Å². The molecule has 0 radical (unpaired) electrons. The monoisotopic (exact) mass is 412 g/mol. The fourth-order valence-electron chi connectivity index (χ4n) is 3.76. The summed E-state index contributed by atoms with van der Waals surface area (Å²) in [7, 11) is 1.69. The molecule has 3 rings (SSSR count). The van der Waals surface area contributed by atoms with Gasteiger partial charge in [0.05, 0.1) is 13.4 Å². The van der Waals surface area contributed by atoms with E-state index in [0.29, 0.717) is 18.6 Å². The van der Waals surface area contributed by atoms with Crippen LogP contribution < -0.4 is 15.4 Å². The van der Waals surface area contributed by atoms with Crippen molar-refractivity contribution in [2.24, 2.45) is 4.99 Å². The maximum atomic E-state index is 5.43. The maximum Gasteiger partial charge on any atom is 0.191 e. The van der Waals surface area contributed by atoms with Crippen LogP contribution in [0.15, 0.2) is 52.1 Å². The van der Waals surface area contributed by atoms with Crippen LogP contribution in [0.3, 0.4) is 0 Å². The lowest BCUT2D eigenvalue weighted by atomic mass is 10.0. The Labute approximate surface area is 180 Å². The lowest BCUT2D eigenvalue weighted by molar-refractivity contribution is 0.167. The number of nitrogens with one attached hydrogen (secondary N) is 2. The van der Waals surface area contributed by atoms with Gasteiger partial charge in [-0.25, -0.2) is 0 Å². The molecule has 2 heterocycles. The second-order valence-electron chi connectivity index (χ2n) is 8.13. The standard InChI is InChI=1S/C24H36N4O2/c1-19(2)28-16-12-21(13-17-28)27-24(26-15-11-23-5-4-18-30-23)25-14-10-20-6-8-22(29-3)9-7-20/h4-9,18-19,21H,10-17H2,1-3H3,(H2,25,26,27). The first kappa shape index (κ1) is 22.2. The number of rotatable bonds is 9. The van der Waals surface area contributed by atoms with E-state index in [-0.39, 0.29) is 0 Å². The molecular weight excluding hydrogens is 376 g/mol. The number of benzene rings is 1. The lowest BCUT2D eigenvalue weighted by Crippen LogP contribution is -2.50. The fourth-order valence-corrected chi connectivity index (χ4v) is 3.76. The van der Waals surface area contributed by atoms with E-state index >= 15 is 0 Å². The van der Waals surface area contributed by atoms with E-state index < -0.39 is 0 Å². The first-order valence-electron chi connectivity index (χ1n) is 11.1. The zero-order valence-electron chi connectivity index (χ0n) is 18.6. The molecule has 1 aromatic carbocycles. The lowest BCUT2D eigenvalue weighted by Gasteiger charge is -2.35. The fraction of sp³-hybridized carbons (Fsp3) is 0.542. The highest BCUT2D eigenvalue weighted by atomic mass is 16.5. The van der Waals surface area contributed by atoms with Crippen LogP contribution in [0, 0.1) is 0 Å². The van der Waals surface area contributed by atoms with Gasteiger partial charge in [0, 0.05) is 44.7 Å². The molecule has 2 aromatic rings. The Morgan fingerprint density at radius 2 is 1.93 bits per heavy atom. The number of guanidine groups is 1. The SMILES string of the molecule is COc1ccc(CCNC(=NCCc2ccco2)NC2CCN(C(C)C)CC2)cc1. The van der Waals surface area contributed by atoms with Crippen LogP contribution in [0.2, 0.25) is 0 Å². The minimum atomic E-state index is 0.468. The summed E-state index contributed by atoms with van der Waals surface area (Å²) in [5, 5.41) is 7.18. The summed E-state index contributed by atoms with van der Waals surface area (Å²) in [4.78, 5) is 7.35. The van der Waals surface area contributed by atoms with Gasteiger partial charge in [0.2, 0.25) is 0 Å². The van der Waals surface area contributed by atoms with Crippen LogP contribution in [0.1, 0.15) is 38.0 Å². The normalized spacial score (nSPS) is 16.1. The Kier molecular flexibility index (Phi) is 8.63. The number of ether oxygens (including phenoxy) is 1. The Morgan fingerprint density at radius 1 is 1.17 bits per heavy atom. The number of hydrogen-bond acceptors (Lipinski definition) is 4. The molecule has 6 nitrogen and oxygen atoms in total. The van der Waals surface area contributed by atoms with Gasteiger partial charge in [0.25, 0.3) is 0 Å². The molecule has 0 amide bonds. The molecule has 1 fully saturated rings. The van der Waals surface area contributed by atoms with Crippen molar-refractivity contribution in [1.29, 1.82) is 0 Å². The van der Waals surface area contributed by atoms with Crippen LogP contribution >= 0.6 is 0 Å². The third-order valence-electron chi connectivity index (χ3n) is 5.67. The van der Waals surface area contributed by atoms with Crippen molar-refractivity contribution in [1.82, 2.24) is 15.5 Å². The predicted octanol–water partition coefficient (Wildman–Crippen LogP) is 3.48. The molecule has 164 valence electrons. The minimum Gasteiger partial charge on any atom is -0.497 e. The smallest absolute Gasteiger partial charge is 0.191 e. The average molecular weight is 413 g/mol. The van der Waals surface area contributed by atoms with Crippen molar-refractivity contribution in [3.05, 3.63) is 54.0 Å². The van der Waals surface area contributed by atoms with Crippen LogP contribution in [-0.4, -0.2) is 56.2 Å². The predicted molar refractivity (Wildman–Crippen MR) is 122 cm³/mol. The summed E-state index contributed by atoms with van der Waals surface area (Å²) >= 11 is 0. The number of methoxy groups -OCH3 is 1. The molecule has 2 N–H and O–H groups in total.